The number of methoxy groups -OCH3 is 1. The minimum atomic E-state index is -0.535. The number of nitrogens with zero attached hydrogens (tertiary/aromatic N) is 1. The molecule has 3 aliphatic rings. The van der Waals surface area contributed by atoms with Crippen LogP contribution >= 0.6 is 0 Å². The molecule has 3 saturated heterocycles. The third kappa shape index (κ3) is 11.6. The van der Waals surface area contributed by atoms with Crippen molar-refractivity contribution in [3.05, 3.63) is 23.8 Å². The molecule has 0 aromatic rings. The molecule has 0 aromatic heterocycles. The smallest absolute Gasteiger partial charge is 0.409 e. The summed E-state index contributed by atoms with van der Waals surface area (Å²) in [5, 5.41) is 16.3. The Morgan fingerprint density at radius 2 is 1.91 bits per heavy atom. The number of carbonyl (C=O) groups is 2. The van der Waals surface area contributed by atoms with E-state index in [-0.39, 0.29) is 47.9 Å². The molecule has 3 heterocycles. The Bertz CT molecular complexity index is 1020. The standard InChI is InChI=1S/C36H63N3O7/c1-24(21-36(6)34(46-36)27(4)33(43-8)28(5)40)13-12-14-25(2)32-26(3)16-17-30(45-32)22-38-31(41)15-10-9-11-20-44-35(42)39-19-18-29(23-39)37-7/h12-14,24,26-30,32-34,37,40H,9-11,15-23H2,1-8H3,(H,38,41)/b13-12+,25-14+/t24-,26+,27-,28-,29?,30-,32-,33-,34-,36-/m1/s1. The molecular weight excluding hydrogens is 586 g/mol. The van der Waals surface area contributed by atoms with E-state index in [0.29, 0.717) is 44.0 Å². The number of allylic oxidation sites excluding steroid dienone is 3. The number of epoxide rings is 1. The summed E-state index contributed by atoms with van der Waals surface area (Å²) < 4.78 is 23.5. The predicted molar refractivity (Wildman–Crippen MR) is 181 cm³/mol. The summed E-state index contributed by atoms with van der Waals surface area (Å²) in [7, 11) is 3.56. The number of likely N-dealkylation sites (tertiary alicyclic amines) is 1. The molecule has 0 aromatic carbocycles. The van der Waals surface area contributed by atoms with Gasteiger partial charge in [-0.2, -0.15) is 0 Å². The van der Waals surface area contributed by atoms with E-state index in [1.165, 1.54) is 5.57 Å². The van der Waals surface area contributed by atoms with Crippen molar-refractivity contribution in [3.63, 3.8) is 0 Å². The van der Waals surface area contributed by atoms with Gasteiger partial charge < -0.3 is 39.6 Å². The summed E-state index contributed by atoms with van der Waals surface area (Å²) >= 11 is 0. The third-order valence-electron chi connectivity index (χ3n) is 10.1. The lowest BCUT2D eigenvalue weighted by Gasteiger charge is -2.35. The quantitative estimate of drug-likeness (QED) is 0.108. The maximum absolute atomic E-state index is 12.5. The van der Waals surface area contributed by atoms with E-state index in [0.717, 1.165) is 51.5 Å². The minimum Gasteiger partial charge on any atom is -0.449 e. The molecule has 0 saturated carbocycles. The van der Waals surface area contributed by atoms with Gasteiger partial charge in [0.1, 0.15) is 0 Å². The van der Waals surface area contributed by atoms with Crippen LogP contribution in [0.3, 0.4) is 0 Å². The minimum absolute atomic E-state index is 0.00682. The Labute approximate surface area is 278 Å². The molecule has 10 atom stereocenters. The number of unbranched alkanes of at least 4 members (excludes halogenated alkanes) is 2. The summed E-state index contributed by atoms with van der Waals surface area (Å²) in [6.45, 7) is 14.9. The molecule has 0 radical (unpaired) electrons. The molecule has 3 aliphatic heterocycles. The number of carbonyl (C=O) groups excluding carboxylic acids is 2. The van der Waals surface area contributed by atoms with Gasteiger partial charge in [-0.25, -0.2) is 4.79 Å². The fourth-order valence-corrected chi connectivity index (χ4v) is 7.32. The van der Waals surface area contributed by atoms with E-state index >= 15 is 0 Å². The number of ether oxygens (including phenoxy) is 4. The highest BCUT2D eigenvalue weighted by Crippen LogP contribution is 2.47. The second kappa shape index (κ2) is 18.5. The average molecular weight is 650 g/mol. The van der Waals surface area contributed by atoms with Gasteiger partial charge in [0.15, 0.2) is 0 Å². The number of amides is 2. The van der Waals surface area contributed by atoms with Crippen LogP contribution in [0.15, 0.2) is 23.8 Å². The van der Waals surface area contributed by atoms with Gasteiger partial charge in [0.25, 0.3) is 0 Å². The lowest BCUT2D eigenvalue weighted by Crippen LogP contribution is -2.41. The van der Waals surface area contributed by atoms with Crippen molar-refractivity contribution in [1.29, 1.82) is 0 Å². The molecule has 0 spiro atoms. The lowest BCUT2D eigenvalue weighted by atomic mass is 9.85. The average Bonchev–Trinajstić information content (AvgIpc) is 3.43. The van der Waals surface area contributed by atoms with Crippen molar-refractivity contribution in [1.82, 2.24) is 15.5 Å². The number of hydrogen-bond donors (Lipinski definition) is 3. The fraction of sp³-hybridized carbons (Fsp3) is 0.833. The van der Waals surface area contributed by atoms with E-state index in [1.54, 1.807) is 18.9 Å². The van der Waals surface area contributed by atoms with Crippen LogP contribution in [0.25, 0.3) is 0 Å². The van der Waals surface area contributed by atoms with Gasteiger partial charge in [-0.05, 0) is 90.2 Å². The van der Waals surface area contributed by atoms with Crippen LogP contribution in [0.2, 0.25) is 0 Å². The maximum atomic E-state index is 12.5. The molecule has 46 heavy (non-hydrogen) atoms. The zero-order valence-corrected chi connectivity index (χ0v) is 29.8. The van der Waals surface area contributed by atoms with Crippen LogP contribution in [0.5, 0.6) is 0 Å². The van der Waals surface area contributed by atoms with Gasteiger partial charge in [-0.1, -0.05) is 39.0 Å². The SMILES string of the molecule is CNC1CCN(C(=O)OCCCCCC(=O)NC[C@H]2CC[C@H](C)[C@@H](/C(C)=C/C=C/[C@@H](C)C[C@@]3(C)O[C@@H]3[C@H](C)[C@@H](OC)[C@@H](C)O)O2)C1. The Balaban J connectivity index is 1.31. The monoisotopic (exact) mass is 649 g/mol. The second-order valence-corrected chi connectivity index (χ2v) is 14.3. The molecule has 0 aliphatic carbocycles. The van der Waals surface area contributed by atoms with Crippen molar-refractivity contribution in [2.75, 3.05) is 40.4 Å². The van der Waals surface area contributed by atoms with E-state index in [4.69, 9.17) is 18.9 Å². The zero-order valence-electron chi connectivity index (χ0n) is 29.8. The van der Waals surface area contributed by atoms with E-state index in [9.17, 15) is 14.7 Å². The van der Waals surface area contributed by atoms with Crippen LogP contribution in [0, 0.1) is 17.8 Å². The highest BCUT2D eigenvalue weighted by atomic mass is 16.6. The van der Waals surface area contributed by atoms with Crippen molar-refractivity contribution < 1.29 is 33.6 Å². The number of nitrogens with one attached hydrogen (secondary N) is 2. The number of likely N-dealkylation sites (N-methyl/N-ethyl adjacent to an activating group) is 1. The van der Waals surface area contributed by atoms with Gasteiger partial charge in [-0.3, -0.25) is 4.79 Å². The molecule has 0 bridgehead atoms. The van der Waals surface area contributed by atoms with Gasteiger partial charge >= 0.3 is 6.09 Å². The van der Waals surface area contributed by atoms with Crippen LogP contribution in [0.1, 0.15) is 92.9 Å². The first-order valence-corrected chi connectivity index (χ1v) is 17.6. The largest absolute Gasteiger partial charge is 0.449 e. The summed E-state index contributed by atoms with van der Waals surface area (Å²) in [6.07, 6.45) is 12.3. The fourth-order valence-electron chi connectivity index (χ4n) is 7.32. The maximum Gasteiger partial charge on any atom is 0.409 e. The van der Waals surface area contributed by atoms with E-state index < -0.39 is 6.10 Å². The van der Waals surface area contributed by atoms with Gasteiger partial charge in [0.05, 0.1) is 42.7 Å². The topological polar surface area (TPSA) is 122 Å². The molecule has 1 unspecified atom stereocenters. The van der Waals surface area contributed by atoms with Crippen LogP contribution in [0.4, 0.5) is 4.79 Å². The molecule has 3 N–H and O–H groups in total. The van der Waals surface area contributed by atoms with Crippen LogP contribution in [-0.2, 0) is 23.7 Å². The van der Waals surface area contributed by atoms with Gasteiger partial charge in [0.2, 0.25) is 5.91 Å². The number of hydrogen-bond acceptors (Lipinski definition) is 8. The number of aliphatic hydroxyl groups is 1. The highest BCUT2D eigenvalue weighted by molar-refractivity contribution is 5.75. The Morgan fingerprint density at radius 3 is 2.59 bits per heavy atom. The Morgan fingerprint density at radius 1 is 1.15 bits per heavy atom. The first-order chi connectivity index (χ1) is 21.9. The summed E-state index contributed by atoms with van der Waals surface area (Å²) in [5.74, 6) is 0.916. The van der Waals surface area contributed by atoms with Crippen molar-refractivity contribution >= 4 is 12.0 Å². The summed E-state index contributed by atoms with van der Waals surface area (Å²) in [6, 6.07) is 0.352. The predicted octanol–water partition coefficient (Wildman–Crippen LogP) is 5.00. The molecule has 264 valence electrons. The first-order valence-electron chi connectivity index (χ1n) is 17.6. The van der Waals surface area contributed by atoms with Gasteiger partial charge in [-0.15, -0.1) is 0 Å². The first kappa shape index (κ1) is 38.5. The Kier molecular flexibility index (Phi) is 15.5. The molecule has 10 heteroatoms. The third-order valence-corrected chi connectivity index (χ3v) is 10.1. The zero-order chi connectivity index (χ0) is 33.9. The van der Waals surface area contributed by atoms with Gasteiger partial charge in [0, 0.05) is 45.1 Å². The number of rotatable bonds is 18. The van der Waals surface area contributed by atoms with Crippen molar-refractivity contribution in [3.8, 4) is 0 Å². The van der Waals surface area contributed by atoms with Crippen LogP contribution < -0.4 is 10.6 Å². The van der Waals surface area contributed by atoms with E-state index in [1.807, 2.05) is 7.05 Å². The molecule has 3 fully saturated rings. The van der Waals surface area contributed by atoms with Crippen molar-refractivity contribution in [2.45, 2.75) is 135 Å². The van der Waals surface area contributed by atoms with E-state index in [2.05, 4.69) is 63.5 Å². The molecular formula is C36H63N3O7. The highest BCUT2D eigenvalue weighted by Gasteiger charge is 2.56. The summed E-state index contributed by atoms with van der Waals surface area (Å²) in [4.78, 5) is 26.4. The molecule has 2 amide bonds. The van der Waals surface area contributed by atoms with Crippen molar-refractivity contribution in [2.24, 2.45) is 17.8 Å². The Hall–Kier alpha value is -1.98. The molecule has 10 nitrogen and oxygen atoms in total. The second-order valence-electron chi connectivity index (χ2n) is 14.3. The normalized spacial score (nSPS) is 31.0. The molecule has 3 rings (SSSR count). The number of aliphatic hydroxyl groups excluding tert-OH is 1. The summed E-state index contributed by atoms with van der Waals surface area (Å²) in [5.41, 5.74) is 0.991. The van der Waals surface area contributed by atoms with Crippen LogP contribution in [-0.4, -0.2) is 105 Å². The lowest BCUT2D eigenvalue weighted by molar-refractivity contribution is -0.123.